The lowest BCUT2D eigenvalue weighted by Gasteiger charge is -2.10. The number of hydrogen-bond donors (Lipinski definition) is 1. The Bertz CT molecular complexity index is 569. The van der Waals surface area contributed by atoms with E-state index in [1.165, 1.54) is 0 Å². The molecule has 0 aliphatic heterocycles. The molecule has 0 fully saturated rings. The first-order valence-corrected chi connectivity index (χ1v) is 6.90. The molecule has 5 heteroatoms. The van der Waals surface area contributed by atoms with Gasteiger partial charge in [0.15, 0.2) is 0 Å². The maximum atomic E-state index is 6.42. The average Bonchev–Trinajstić information content (AvgIpc) is 2.70. The Hall–Kier alpha value is -1.55. The molecule has 102 valence electrons. The van der Waals surface area contributed by atoms with Crippen molar-refractivity contribution in [2.75, 3.05) is 5.73 Å². The fraction of sp³-hybridized carbons (Fsp3) is 0.429. The number of hydrogen-bond acceptors (Lipinski definition) is 3. The van der Waals surface area contributed by atoms with Crippen LogP contribution in [0.4, 0.5) is 5.82 Å². The lowest BCUT2D eigenvalue weighted by molar-refractivity contribution is 0.621. The van der Waals surface area contributed by atoms with E-state index >= 15 is 0 Å². The van der Waals surface area contributed by atoms with Crippen molar-refractivity contribution in [1.29, 1.82) is 0 Å². The van der Waals surface area contributed by atoms with Crippen molar-refractivity contribution in [1.82, 2.24) is 14.8 Å². The third-order valence-electron chi connectivity index (χ3n) is 3.36. The third-order valence-corrected chi connectivity index (χ3v) is 3.80. The average molecular weight is 279 g/mol. The molecule has 2 aromatic heterocycles. The number of aromatic nitrogens is 3. The van der Waals surface area contributed by atoms with E-state index in [9.17, 15) is 0 Å². The highest BCUT2D eigenvalue weighted by Gasteiger charge is 2.16. The van der Waals surface area contributed by atoms with Gasteiger partial charge in [-0.15, -0.1) is 0 Å². The Morgan fingerprint density at radius 3 is 2.68 bits per heavy atom. The summed E-state index contributed by atoms with van der Waals surface area (Å²) in [6.45, 7) is 6.95. The fourth-order valence-electron chi connectivity index (χ4n) is 2.19. The Morgan fingerprint density at radius 2 is 2.11 bits per heavy atom. The standard InChI is InChI=1S/C14H19ClN4/c1-4-11-13(15)12(19(5-2)18-11)8-10-9(3)6-7-17-14(10)16/h6-7H,4-5,8H2,1-3H3,(H2,16,17). The highest BCUT2D eigenvalue weighted by atomic mass is 35.5. The second kappa shape index (κ2) is 5.61. The van der Waals surface area contributed by atoms with Crippen molar-refractivity contribution in [2.45, 2.75) is 40.2 Å². The first-order valence-electron chi connectivity index (χ1n) is 6.52. The Balaban J connectivity index is 2.46. The molecule has 2 aromatic rings. The van der Waals surface area contributed by atoms with E-state index in [2.05, 4.69) is 23.9 Å². The smallest absolute Gasteiger partial charge is 0.127 e. The first kappa shape index (κ1) is 13.9. The van der Waals surface area contributed by atoms with E-state index in [1.54, 1.807) is 6.20 Å². The summed E-state index contributed by atoms with van der Waals surface area (Å²) in [5.74, 6) is 0.568. The number of pyridine rings is 1. The van der Waals surface area contributed by atoms with Crippen LogP contribution in [0.5, 0.6) is 0 Å². The molecule has 0 spiro atoms. The summed E-state index contributed by atoms with van der Waals surface area (Å²) in [5.41, 5.74) is 10.1. The number of nitrogens with zero attached hydrogens (tertiary/aromatic N) is 3. The van der Waals surface area contributed by atoms with Gasteiger partial charge in [0.05, 0.1) is 16.4 Å². The van der Waals surface area contributed by atoms with E-state index in [0.717, 1.165) is 40.5 Å². The van der Waals surface area contributed by atoms with Crippen LogP contribution in [-0.4, -0.2) is 14.8 Å². The molecule has 0 amide bonds. The molecule has 4 nitrogen and oxygen atoms in total. The molecule has 2 rings (SSSR count). The fourth-order valence-corrected chi connectivity index (χ4v) is 2.53. The molecule has 0 aliphatic carbocycles. The second-order valence-corrected chi connectivity index (χ2v) is 4.92. The van der Waals surface area contributed by atoms with E-state index in [-0.39, 0.29) is 0 Å². The molecule has 0 saturated carbocycles. The zero-order chi connectivity index (χ0) is 14.0. The molecule has 0 saturated heterocycles. The number of anilines is 1. The third kappa shape index (κ3) is 2.59. The maximum Gasteiger partial charge on any atom is 0.127 e. The Kier molecular flexibility index (Phi) is 4.10. The molecular formula is C14H19ClN4. The van der Waals surface area contributed by atoms with Gasteiger partial charge in [-0.25, -0.2) is 4.98 Å². The number of aryl methyl sites for hydroxylation is 3. The number of rotatable bonds is 4. The van der Waals surface area contributed by atoms with Crippen LogP contribution in [0, 0.1) is 6.92 Å². The molecule has 0 bridgehead atoms. The van der Waals surface area contributed by atoms with Crippen LogP contribution in [0.25, 0.3) is 0 Å². The van der Waals surface area contributed by atoms with E-state index in [1.807, 2.05) is 17.7 Å². The molecule has 0 radical (unpaired) electrons. The van der Waals surface area contributed by atoms with Crippen LogP contribution in [0.3, 0.4) is 0 Å². The van der Waals surface area contributed by atoms with Gasteiger partial charge in [-0.3, -0.25) is 4.68 Å². The summed E-state index contributed by atoms with van der Waals surface area (Å²) < 4.78 is 1.95. The maximum absolute atomic E-state index is 6.42. The van der Waals surface area contributed by atoms with Crippen molar-refractivity contribution >= 4 is 17.4 Å². The molecule has 2 N–H and O–H groups in total. The number of nitrogen functional groups attached to an aromatic ring is 1. The molecule has 0 unspecified atom stereocenters. The van der Waals surface area contributed by atoms with Gasteiger partial charge >= 0.3 is 0 Å². The Labute approximate surface area is 118 Å². The van der Waals surface area contributed by atoms with Crippen LogP contribution in [0.1, 0.15) is 36.4 Å². The van der Waals surface area contributed by atoms with Gasteiger partial charge < -0.3 is 5.73 Å². The zero-order valence-corrected chi connectivity index (χ0v) is 12.3. The molecule has 0 atom stereocenters. The van der Waals surface area contributed by atoms with E-state index < -0.39 is 0 Å². The van der Waals surface area contributed by atoms with Gasteiger partial charge in [-0.1, -0.05) is 18.5 Å². The molecule has 0 aliphatic rings. The summed E-state index contributed by atoms with van der Waals surface area (Å²) in [6.07, 6.45) is 3.23. The molecule has 2 heterocycles. The first-order chi connectivity index (χ1) is 9.08. The van der Waals surface area contributed by atoms with Gasteiger partial charge in [-0.05, 0) is 31.9 Å². The normalized spacial score (nSPS) is 10.9. The number of halogens is 1. The van der Waals surface area contributed by atoms with Gasteiger partial charge in [0.25, 0.3) is 0 Å². The van der Waals surface area contributed by atoms with Gasteiger partial charge in [0.1, 0.15) is 5.82 Å². The van der Waals surface area contributed by atoms with E-state index in [0.29, 0.717) is 12.2 Å². The lowest BCUT2D eigenvalue weighted by atomic mass is 10.0. The van der Waals surface area contributed by atoms with Crippen LogP contribution in [0.15, 0.2) is 12.3 Å². The van der Waals surface area contributed by atoms with Crippen molar-refractivity contribution in [2.24, 2.45) is 0 Å². The van der Waals surface area contributed by atoms with Crippen LogP contribution in [-0.2, 0) is 19.4 Å². The highest BCUT2D eigenvalue weighted by molar-refractivity contribution is 6.31. The predicted octanol–water partition coefficient (Wildman–Crippen LogP) is 3.00. The van der Waals surface area contributed by atoms with Gasteiger partial charge in [-0.2, -0.15) is 5.10 Å². The Morgan fingerprint density at radius 1 is 1.37 bits per heavy atom. The van der Waals surface area contributed by atoms with Crippen molar-refractivity contribution in [3.63, 3.8) is 0 Å². The minimum Gasteiger partial charge on any atom is -0.383 e. The summed E-state index contributed by atoms with van der Waals surface area (Å²) in [7, 11) is 0. The quantitative estimate of drug-likeness (QED) is 0.935. The summed E-state index contributed by atoms with van der Waals surface area (Å²) in [5, 5.41) is 5.28. The summed E-state index contributed by atoms with van der Waals surface area (Å²) in [4.78, 5) is 4.15. The van der Waals surface area contributed by atoms with Crippen molar-refractivity contribution in [3.05, 3.63) is 39.8 Å². The van der Waals surface area contributed by atoms with E-state index in [4.69, 9.17) is 17.3 Å². The number of nitrogens with two attached hydrogens (primary N) is 1. The molecule has 19 heavy (non-hydrogen) atoms. The topological polar surface area (TPSA) is 56.7 Å². The monoisotopic (exact) mass is 278 g/mol. The molecule has 0 aromatic carbocycles. The lowest BCUT2D eigenvalue weighted by Crippen LogP contribution is -2.07. The second-order valence-electron chi connectivity index (χ2n) is 4.55. The van der Waals surface area contributed by atoms with Gasteiger partial charge in [0, 0.05) is 24.7 Å². The minimum absolute atomic E-state index is 0.568. The van der Waals surface area contributed by atoms with Crippen LogP contribution < -0.4 is 5.73 Å². The largest absolute Gasteiger partial charge is 0.383 e. The molecular weight excluding hydrogens is 260 g/mol. The van der Waals surface area contributed by atoms with Crippen molar-refractivity contribution in [3.8, 4) is 0 Å². The summed E-state index contributed by atoms with van der Waals surface area (Å²) in [6, 6.07) is 1.97. The minimum atomic E-state index is 0.568. The highest BCUT2D eigenvalue weighted by Crippen LogP contribution is 2.26. The summed E-state index contributed by atoms with van der Waals surface area (Å²) >= 11 is 6.42. The van der Waals surface area contributed by atoms with Crippen molar-refractivity contribution < 1.29 is 0 Å². The van der Waals surface area contributed by atoms with Gasteiger partial charge in [0.2, 0.25) is 0 Å². The SMILES string of the molecule is CCc1nn(CC)c(Cc2c(C)ccnc2N)c1Cl. The zero-order valence-electron chi connectivity index (χ0n) is 11.6. The van der Waals surface area contributed by atoms with Crippen LogP contribution in [0.2, 0.25) is 5.02 Å². The van der Waals surface area contributed by atoms with Crippen LogP contribution >= 0.6 is 11.6 Å². The predicted molar refractivity (Wildman–Crippen MR) is 78.5 cm³/mol.